The fourth-order valence-corrected chi connectivity index (χ4v) is 4.40. The third kappa shape index (κ3) is 4.17. The zero-order chi connectivity index (χ0) is 22.8. The zero-order valence-electron chi connectivity index (χ0n) is 18.5. The van der Waals surface area contributed by atoms with E-state index in [4.69, 9.17) is 9.15 Å². The summed E-state index contributed by atoms with van der Waals surface area (Å²) in [7, 11) is 1.67. The molecule has 5 rings (SSSR count). The number of methoxy groups -OCH3 is 1. The molecule has 0 unspecified atom stereocenters. The summed E-state index contributed by atoms with van der Waals surface area (Å²) in [5, 5.41) is 11.1. The van der Waals surface area contributed by atoms with Gasteiger partial charge in [0.25, 0.3) is 0 Å². The highest BCUT2D eigenvalue weighted by molar-refractivity contribution is 5.85. The largest absolute Gasteiger partial charge is 0.507 e. The monoisotopic (exact) mass is 442 g/mol. The topological polar surface area (TPSA) is 66.2 Å². The molecule has 0 bridgehead atoms. The number of benzene rings is 3. The number of phenolic OH excluding ortho intramolecular Hbond substituents is 1. The Balaban J connectivity index is 1.36. The van der Waals surface area contributed by atoms with Gasteiger partial charge in [-0.3, -0.25) is 9.69 Å². The van der Waals surface area contributed by atoms with Gasteiger partial charge in [-0.1, -0.05) is 30.3 Å². The van der Waals surface area contributed by atoms with Crippen LogP contribution in [0.4, 0.5) is 5.69 Å². The molecule has 0 spiro atoms. The van der Waals surface area contributed by atoms with Crippen LogP contribution in [0.3, 0.4) is 0 Å². The normalized spacial score (nSPS) is 14.5. The molecule has 1 aliphatic heterocycles. The molecule has 1 N–H and O–H groups in total. The number of fused-ring (bicyclic) bond motifs is 1. The molecule has 1 fully saturated rings. The van der Waals surface area contributed by atoms with Gasteiger partial charge in [0.1, 0.15) is 23.3 Å². The zero-order valence-corrected chi connectivity index (χ0v) is 18.5. The Labute approximate surface area is 192 Å². The van der Waals surface area contributed by atoms with Gasteiger partial charge in [-0.05, 0) is 42.0 Å². The lowest BCUT2D eigenvalue weighted by Crippen LogP contribution is -2.46. The second-order valence-electron chi connectivity index (χ2n) is 8.25. The molecule has 6 nitrogen and oxygen atoms in total. The first-order chi connectivity index (χ1) is 16.1. The van der Waals surface area contributed by atoms with Gasteiger partial charge < -0.3 is 19.2 Å². The number of rotatable bonds is 5. The number of nitrogens with zero attached hydrogens (tertiary/aromatic N) is 2. The molecule has 33 heavy (non-hydrogen) atoms. The number of ether oxygens (including phenoxy) is 1. The predicted molar refractivity (Wildman–Crippen MR) is 130 cm³/mol. The van der Waals surface area contributed by atoms with Crippen molar-refractivity contribution in [3.8, 4) is 22.6 Å². The van der Waals surface area contributed by atoms with Crippen molar-refractivity contribution >= 4 is 16.7 Å². The molecule has 3 aromatic carbocycles. The lowest BCUT2D eigenvalue weighted by atomic mass is 10.0. The van der Waals surface area contributed by atoms with Crippen LogP contribution in [0, 0.1) is 0 Å². The summed E-state index contributed by atoms with van der Waals surface area (Å²) in [5.41, 5.74) is 3.53. The van der Waals surface area contributed by atoms with Gasteiger partial charge >= 0.3 is 0 Å². The van der Waals surface area contributed by atoms with Crippen molar-refractivity contribution < 1.29 is 14.3 Å². The average Bonchev–Trinajstić information content (AvgIpc) is 2.87. The number of anilines is 1. The molecular weight excluding hydrogens is 416 g/mol. The molecular formula is C27H26N2O4. The predicted octanol–water partition coefficient (Wildman–Crippen LogP) is 4.50. The molecule has 0 aliphatic carbocycles. The first kappa shape index (κ1) is 21.1. The van der Waals surface area contributed by atoms with Gasteiger partial charge in [0.05, 0.1) is 23.6 Å². The standard InChI is InChI=1S/C27H26N2O4/c1-32-21-9-7-20(8-10-21)29-15-13-28(14-16-29)17-23-25(30)12-11-22-26(31)24(18-33-27(22)23)19-5-3-2-4-6-19/h2-12,18,30H,13-17H2,1H3. The minimum Gasteiger partial charge on any atom is -0.507 e. The molecule has 1 aromatic heterocycles. The van der Waals surface area contributed by atoms with Gasteiger partial charge in [0, 0.05) is 38.4 Å². The molecule has 168 valence electrons. The highest BCUT2D eigenvalue weighted by atomic mass is 16.5. The molecule has 1 saturated heterocycles. The maximum atomic E-state index is 13.2. The van der Waals surface area contributed by atoms with Crippen molar-refractivity contribution in [1.82, 2.24) is 4.90 Å². The van der Waals surface area contributed by atoms with Gasteiger partial charge in [-0.25, -0.2) is 0 Å². The van der Waals surface area contributed by atoms with Crippen molar-refractivity contribution in [2.75, 3.05) is 38.2 Å². The first-order valence-electron chi connectivity index (χ1n) is 11.1. The second kappa shape index (κ2) is 9.00. The lowest BCUT2D eigenvalue weighted by Gasteiger charge is -2.36. The van der Waals surface area contributed by atoms with Crippen molar-refractivity contribution in [3.05, 3.63) is 88.8 Å². The fraction of sp³-hybridized carbons (Fsp3) is 0.222. The molecule has 1 aliphatic rings. The van der Waals surface area contributed by atoms with Gasteiger partial charge in [-0.15, -0.1) is 0 Å². The number of aromatic hydroxyl groups is 1. The number of piperazine rings is 1. The minimum atomic E-state index is -0.0898. The SMILES string of the molecule is COc1ccc(N2CCN(Cc3c(O)ccc4c(=O)c(-c5ccccc5)coc34)CC2)cc1. The van der Waals surface area contributed by atoms with E-state index in [-0.39, 0.29) is 11.2 Å². The average molecular weight is 443 g/mol. The molecule has 0 amide bonds. The van der Waals surface area contributed by atoms with Crippen LogP contribution in [0.15, 0.2) is 82.2 Å². The Hall–Kier alpha value is -3.77. The summed E-state index contributed by atoms with van der Waals surface area (Å²) in [5.74, 6) is 0.997. The van der Waals surface area contributed by atoms with E-state index in [9.17, 15) is 9.90 Å². The maximum Gasteiger partial charge on any atom is 0.200 e. The number of phenols is 1. The van der Waals surface area contributed by atoms with Crippen LogP contribution < -0.4 is 15.1 Å². The summed E-state index contributed by atoms with van der Waals surface area (Å²) in [6, 6.07) is 20.8. The van der Waals surface area contributed by atoms with E-state index in [2.05, 4.69) is 21.9 Å². The Morgan fingerprint density at radius 2 is 1.67 bits per heavy atom. The van der Waals surface area contributed by atoms with Crippen LogP contribution in [-0.2, 0) is 6.54 Å². The Kier molecular flexibility index (Phi) is 5.75. The Bertz CT molecular complexity index is 1310. The number of hydrogen-bond acceptors (Lipinski definition) is 6. The van der Waals surface area contributed by atoms with Crippen LogP contribution in [0.25, 0.3) is 22.1 Å². The van der Waals surface area contributed by atoms with Crippen LogP contribution >= 0.6 is 0 Å². The maximum absolute atomic E-state index is 13.2. The van der Waals surface area contributed by atoms with Crippen LogP contribution in [0.1, 0.15) is 5.56 Å². The van der Waals surface area contributed by atoms with E-state index < -0.39 is 0 Å². The molecule has 0 radical (unpaired) electrons. The van der Waals surface area contributed by atoms with Gasteiger partial charge in [-0.2, -0.15) is 0 Å². The molecule has 0 saturated carbocycles. The molecule has 2 heterocycles. The van der Waals surface area contributed by atoms with E-state index in [0.717, 1.165) is 37.5 Å². The quantitative estimate of drug-likeness (QED) is 0.491. The van der Waals surface area contributed by atoms with Crippen LogP contribution in [0.2, 0.25) is 0 Å². The van der Waals surface area contributed by atoms with Crippen LogP contribution in [-0.4, -0.2) is 43.3 Å². The Morgan fingerprint density at radius 3 is 2.36 bits per heavy atom. The van der Waals surface area contributed by atoms with Gasteiger partial charge in [0.2, 0.25) is 5.43 Å². The third-order valence-electron chi connectivity index (χ3n) is 6.30. The Morgan fingerprint density at radius 1 is 0.939 bits per heavy atom. The van der Waals surface area contributed by atoms with Crippen LogP contribution in [0.5, 0.6) is 11.5 Å². The highest BCUT2D eigenvalue weighted by Crippen LogP contribution is 2.30. The van der Waals surface area contributed by atoms with Crippen molar-refractivity contribution in [1.29, 1.82) is 0 Å². The van der Waals surface area contributed by atoms with Crippen molar-refractivity contribution in [2.24, 2.45) is 0 Å². The van der Waals surface area contributed by atoms with E-state index in [0.29, 0.717) is 28.6 Å². The summed E-state index contributed by atoms with van der Waals surface area (Å²) >= 11 is 0. The molecule has 4 aromatic rings. The molecule has 0 atom stereocenters. The first-order valence-corrected chi connectivity index (χ1v) is 11.1. The minimum absolute atomic E-state index is 0.0898. The smallest absolute Gasteiger partial charge is 0.200 e. The summed E-state index contributed by atoms with van der Waals surface area (Å²) in [6.07, 6.45) is 1.50. The van der Waals surface area contributed by atoms with E-state index in [1.807, 2.05) is 42.5 Å². The van der Waals surface area contributed by atoms with Crippen molar-refractivity contribution in [2.45, 2.75) is 6.54 Å². The van der Waals surface area contributed by atoms with Gasteiger partial charge in [0.15, 0.2) is 0 Å². The highest BCUT2D eigenvalue weighted by Gasteiger charge is 2.21. The van der Waals surface area contributed by atoms with E-state index in [1.54, 1.807) is 19.2 Å². The summed E-state index contributed by atoms with van der Waals surface area (Å²) < 4.78 is 11.2. The number of hydrogen-bond donors (Lipinski definition) is 1. The van der Waals surface area contributed by atoms with Crippen molar-refractivity contribution in [3.63, 3.8) is 0 Å². The summed E-state index contributed by atoms with van der Waals surface area (Å²) in [4.78, 5) is 17.8. The van der Waals surface area contributed by atoms with E-state index >= 15 is 0 Å². The van der Waals surface area contributed by atoms with E-state index in [1.165, 1.54) is 12.0 Å². The molecule has 6 heteroatoms. The fourth-order valence-electron chi connectivity index (χ4n) is 4.40. The summed E-state index contributed by atoms with van der Waals surface area (Å²) in [6.45, 7) is 3.95. The lowest BCUT2D eigenvalue weighted by molar-refractivity contribution is 0.246. The second-order valence-corrected chi connectivity index (χ2v) is 8.25. The third-order valence-corrected chi connectivity index (χ3v) is 6.30.